The van der Waals surface area contributed by atoms with Crippen LogP contribution < -0.4 is 0 Å². The number of benzene rings is 1. The summed E-state index contributed by atoms with van der Waals surface area (Å²) in [6, 6.07) is 5.19. The third-order valence-corrected chi connectivity index (χ3v) is 2.74. The second-order valence-electron chi connectivity index (χ2n) is 2.13. The van der Waals surface area contributed by atoms with Gasteiger partial charge in [0.25, 0.3) is 5.91 Å². The normalized spacial score (nSPS) is 9.08. The first-order valence-corrected chi connectivity index (χ1v) is 5.09. The van der Waals surface area contributed by atoms with Crippen molar-refractivity contribution >= 4 is 50.5 Å². The first-order chi connectivity index (χ1) is 6.15. The Labute approximate surface area is 96.5 Å². The summed E-state index contributed by atoms with van der Waals surface area (Å²) in [5.74, 6) is -0.569. The summed E-state index contributed by atoms with van der Waals surface area (Å²) in [6.07, 6.45) is 1.22. The highest BCUT2D eigenvalue weighted by molar-refractivity contribution is 14.1. The standard InChI is InChI=1S/C8H3BrINO2/c9-5-1-2-7(10)6(3-5)8(13)11-4-12/h1-3H. The zero-order chi connectivity index (χ0) is 9.84. The van der Waals surface area contributed by atoms with Crippen LogP contribution in [-0.2, 0) is 4.79 Å². The number of isocyanates is 1. The van der Waals surface area contributed by atoms with E-state index in [0.717, 1.165) is 8.04 Å². The molecule has 3 nitrogen and oxygen atoms in total. The number of halogens is 2. The Bertz CT molecular complexity index is 399. The molecule has 0 N–H and O–H groups in total. The highest BCUT2D eigenvalue weighted by Crippen LogP contribution is 2.18. The Morgan fingerprint density at radius 1 is 1.54 bits per heavy atom. The number of hydrogen-bond acceptors (Lipinski definition) is 2. The number of nitrogens with zero attached hydrogens (tertiary/aromatic N) is 1. The topological polar surface area (TPSA) is 46.5 Å². The highest BCUT2D eigenvalue weighted by atomic mass is 127. The van der Waals surface area contributed by atoms with Crippen LogP contribution in [0.15, 0.2) is 27.7 Å². The van der Waals surface area contributed by atoms with Crippen LogP contribution in [0.4, 0.5) is 0 Å². The van der Waals surface area contributed by atoms with Crippen molar-refractivity contribution in [2.75, 3.05) is 0 Å². The molecule has 0 heterocycles. The third-order valence-electron chi connectivity index (χ3n) is 1.31. The van der Waals surface area contributed by atoms with E-state index in [4.69, 9.17) is 0 Å². The molecule has 1 aromatic rings. The van der Waals surface area contributed by atoms with Gasteiger partial charge in [0.15, 0.2) is 0 Å². The van der Waals surface area contributed by atoms with Crippen LogP contribution >= 0.6 is 38.5 Å². The summed E-state index contributed by atoms with van der Waals surface area (Å²) < 4.78 is 1.53. The Balaban J connectivity index is 3.20. The van der Waals surface area contributed by atoms with E-state index in [0.29, 0.717) is 5.56 Å². The Hall–Kier alpha value is -0.520. The van der Waals surface area contributed by atoms with E-state index in [-0.39, 0.29) is 0 Å². The van der Waals surface area contributed by atoms with E-state index in [1.54, 1.807) is 12.1 Å². The molecule has 0 atom stereocenters. The molecule has 0 radical (unpaired) electrons. The lowest BCUT2D eigenvalue weighted by Gasteiger charge is -1.98. The molecule has 66 valence electrons. The number of rotatable bonds is 1. The minimum atomic E-state index is -0.569. The van der Waals surface area contributed by atoms with Crippen LogP contribution in [0.25, 0.3) is 0 Å². The van der Waals surface area contributed by atoms with Gasteiger partial charge in [-0.25, -0.2) is 4.79 Å². The first kappa shape index (κ1) is 10.6. The molecule has 0 aliphatic heterocycles. The molecule has 0 spiro atoms. The summed E-state index contributed by atoms with van der Waals surface area (Å²) >= 11 is 5.22. The lowest BCUT2D eigenvalue weighted by atomic mass is 10.2. The molecule has 0 saturated carbocycles. The zero-order valence-corrected chi connectivity index (χ0v) is 10.00. The van der Waals surface area contributed by atoms with Gasteiger partial charge in [-0.05, 0) is 40.8 Å². The van der Waals surface area contributed by atoms with Crippen LogP contribution in [0.3, 0.4) is 0 Å². The van der Waals surface area contributed by atoms with E-state index < -0.39 is 5.91 Å². The summed E-state index contributed by atoms with van der Waals surface area (Å²) in [6.45, 7) is 0. The highest BCUT2D eigenvalue weighted by Gasteiger charge is 2.08. The molecule has 0 fully saturated rings. The van der Waals surface area contributed by atoms with E-state index in [1.165, 1.54) is 6.08 Å². The van der Waals surface area contributed by atoms with Gasteiger partial charge in [-0.2, -0.15) is 0 Å². The molecule has 0 aliphatic carbocycles. The van der Waals surface area contributed by atoms with Crippen molar-refractivity contribution in [2.24, 2.45) is 4.99 Å². The molecule has 0 saturated heterocycles. The molecule has 5 heteroatoms. The Kier molecular flexibility index (Phi) is 3.77. The van der Waals surface area contributed by atoms with E-state index in [1.807, 2.05) is 28.7 Å². The number of aliphatic imine (C=N–C) groups is 1. The van der Waals surface area contributed by atoms with Gasteiger partial charge in [-0.1, -0.05) is 15.9 Å². The summed E-state index contributed by atoms with van der Waals surface area (Å²) in [5, 5.41) is 0. The van der Waals surface area contributed by atoms with Crippen molar-refractivity contribution in [3.05, 3.63) is 31.8 Å². The number of amides is 1. The van der Waals surface area contributed by atoms with Crippen molar-refractivity contribution in [2.45, 2.75) is 0 Å². The molecule has 0 aliphatic rings. The summed E-state index contributed by atoms with van der Waals surface area (Å²) in [4.78, 5) is 24.0. The van der Waals surface area contributed by atoms with E-state index in [2.05, 4.69) is 20.9 Å². The summed E-state index contributed by atoms with van der Waals surface area (Å²) in [5.41, 5.74) is 0.401. The van der Waals surface area contributed by atoms with Crippen molar-refractivity contribution < 1.29 is 9.59 Å². The minimum absolute atomic E-state index is 0.401. The van der Waals surface area contributed by atoms with Crippen molar-refractivity contribution in [1.82, 2.24) is 0 Å². The average molecular weight is 352 g/mol. The fourth-order valence-corrected chi connectivity index (χ4v) is 1.69. The van der Waals surface area contributed by atoms with Gasteiger partial charge < -0.3 is 0 Å². The average Bonchev–Trinajstić information content (AvgIpc) is 2.09. The molecule has 13 heavy (non-hydrogen) atoms. The fraction of sp³-hybridized carbons (Fsp3) is 0. The molecule has 1 amide bonds. The summed E-state index contributed by atoms with van der Waals surface area (Å²) in [7, 11) is 0. The molecular weight excluding hydrogens is 349 g/mol. The van der Waals surface area contributed by atoms with Crippen LogP contribution in [0, 0.1) is 3.57 Å². The zero-order valence-electron chi connectivity index (χ0n) is 6.25. The third kappa shape index (κ3) is 2.72. The molecule has 0 unspecified atom stereocenters. The van der Waals surface area contributed by atoms with Gasteiger partial charge in [-0.3, -0.25) is 4.79 Å². The van der Waals surface area contributed by atoms with Crippen LogP contribution in [-0.4, -0.2) is 12.0 Å². The van der Waals surface area contributed by atoms with E-state index >= 15 is 0 Å². The number of carbonyl (C=O) groups excluding carboxylic acids is 2. The lowest BCUT2D eigenvalue weighted by Crippen LogP contribution is -1.97. The molecule has 0 aromatic heterocycles. The maximum atomic E-state index is 11.2. The van der Waals surface area contributed by atoms with Gasteiger partial charge in [0.05, 0.1) is 5.56 Å². The maximum absolute atomic E-state index is 11.2. The molecule has 0 bridgehead atoms. The lowest BCUT2D eigenvalue weighted by molar-refractivity contribution is 0.100. The fourth-order valence-electron chi connectivity index (χ4n) is 0.763. The minimum Gasteiger partial charge on any atom is -0.266 e. The second kappa shape index (κ2) is 4.64. The molecule has 1 aromatic carbocycles. The number of hydrogen-bond donors (Lipinski definition) is 0. The van der Waals surface area contributed by atoms with E-state index in [9.17, 15) is 9.59 Å². The van der Waals surface area contributed by atoms with Crippen molar-refractivity contribution in [3.8, 4) is 0 Å². The van der Waals surface area contributed by atoms with Gasteiger partial charge in [0.1, 0.15) is 0 Å². The van der Waals surface area contributed by atoms with Crippen LogP contribution in [0.1, 0.15) is 10.4 Å². The SMILES string of the molecule is O=C=NC(=O)c1cc(Br)ccc1I. The maximum Gasteiger partial charge on any atom is 0.288 e. The van der Waals surface area contributed by atoms with Crippen molar-refractivity contribution in [1.29, 1.82) is 0 Å². The van der Waals surface area contributed by atoms with Gasteiger partial charge in [0.2, 0.25) is 6.08 Å². The van der Waals surface area contributed by atoms with Crippen LogP contribution in [0.2, 0.25) is 0 Å². The largest absolute Gasteiger partial charge is 0.288 e. The van der Waals surface area contributed by atoms with Gasteiger partial charge >= 0.3 is 0 Å². The predicted octanol–water partition coefficient (Wildman–Crippen LogP) is 2.53. The Morgan fingerprint density at radius 2 is 2.23 bits per heavy atom. The molecular formula is C8H3BrINO2. The monoisotopic (exact) mass is 351 g/mol. The smallest absolute Gasteiger partial charge is 0.266 e. The van der Waals surface area contributed by atoms with Crippen LogP contribution in [0.5, 0.6) is 0 Å². The van der Waals surface area contributed by atoms with Gasteiger partial charge in [-0.15, -0.1) is 4.99 Å². The quantitative estimate of drug-likeness (QED) is 0.443. The van der Waals surface area contributed by atoms with Crippen molar-refractivity contribution in [3.63, 3.8) is 0 Å². The first-order valence-electron chi connectivity index (χ1n) is 3.22. The second-order valence-corrected chi connectivity index (χ2v) is 4.21. The molecule has 1 rings (SSSR count). The van der Waals surface area contributed by atoms with Gasteiger partial charge in [0, 0.05) is 8.04 Å². The number of carbonyl (C=O) groups is 1. The predicted molar refractivity (Wildman–Crippen MR) is 59.3 cm³/mol. The Morgan fingerprint density at radius 3 is 2.85 bits per heavy atom.